The van der Waals surface area contributed by atoms with E-state index in [1.165, 1.54) is 5.56 Å². The fourth-order valence-corrected chi connectivity index (χ4v) is 5.15. The lowest BCUT2D eigenvalue weighted by molar-refractivity contribution is -0.120. The minimum absolute atomic E-state index is 0.0109. The predicted molar refractivity (Wildman–Crippen MR) is 105 cm³/mol. The molecule has 0 saturated carbocycles. The lowest BCUT2D eigenvalue weighted by Gasteiger charge is -2.30. The zero-order valence-corrected chi connectivity index (χ0v) is 16.7. The van der Waals surface area contributed by atoms with Crippen LogP contribution < -0.4 is 5.32 Å². The monoisotopic (exact) mass is 384 g/mol. The van der Waals surface area contributed by atoms with Gasteiger partial charge in [-0.05, 0) is 43.2 Å². The molecule has 0 bridgehead atoms. The number of hydrogen-bond donors (Lipinski definition) is 1. The first-order chi connectivity index (χ1) is 12.0. The number of nitrogens with zero attached hydrogens (tertiary/aromatic N) is 1. The summed E-state index contributed by atoms with van der Waals surface area (Å²) in [4.78, 5) is 12.4. The molecule has 0 unspecified atom stereocenters. The van der Waals surface area contributed by atoms with Gasteiger partial charge in [-0.1, -0.05) is 25.5 Å². The number of thioether (sulfide) groups is 1. The SMILES string of the molecule is CCCCS(=O)(=O)N1CCC(C(=O)Nc2ccc(CSC)cc2)CC1. The van der Waals surface area contributed by atoms with Crippen LogP contribution in [0.25, 0.3) is 0 Å². The fourth-order valence-electron chi connectivity index (χ4n) is 2.95. The molecule has 1 aromatic rings. The molecule has 0 spiro atoms. The number of nitrogens with one attached hydrogen (secondary N) is 1. The summed E-state index contributed by atoms with van der Waals surface area (Å²) in [7, 11) is -3.16. The molecule has 1 aliphatic heterocycles. The maximum absolute atomic E-state index is 12.4. The van der Waals surface area contributed by atoms with Crippen molar-refractivity contribution in [2.45, 2.75) is 38.4 Å². The number of piperidine rings is 1. The largest absolute Gasteiger partial charge is 0.326 e. The molecular weight excluding hydrogens is 356 g/mol. The first-order valence-electron chi connectivity index (χ1n) is 8.83. The van der Waals surface area contributed by atoms with E-state index in [1.807, 2.05) is 31.2 Å². The normalized spacial score (nSPS) is 16.7. The Balaban J connectivity index is 1.84. The van der Waals surface area contributed by atoms with E-state index in [0.717, 1.165) is 17.9 Å². The van der Waals surface area contributed by atoms with Crippen molar-refractivity contribution in [1.29, 1.82) is 0 Å². The zero-order valence-electron chi connectivity index (χ0n) is 15.0. The summed E-state index contributed by atoms with van der Waals surface area (Å²) >= 11 is 1.76. The smallest absolute Gasteiger partial charge is 0.227 e. The third kappa shape index (κ3) is 6.01. The van der Waals surface area contributed by atoms with E-state index in [9.17, 15) is 13.2 Å². The average Bonchev–Trinajstić information content (AvgIpc) is 2.62. The van der Waals surface area contributed by atoms with Crippen LogP contribution in [0, 0.1) is 5.92 Å². The molecule has 0 aliphatic carbocycles. The third-order valence-electron chi connectivity index (χ3n) is 4.51. The number of hydrogen-bond acceptors (Lipinski definition) is 4. The molecule has 1 fully saturated rings. The average molecular weight is 385 g/mol. The van der Waals surface area contributed by atoms with Crippen LogP contribution in [0.2, 0.25) is 0 Å². The van der Waals surface area contributed by atoms with E-state index < -0.39 is 10.0 Å². The van der Waals surface area contributed by atoms with Crippen LogP contribution in [-0.2, 0) is 20.6 Å². The van der Waals surface area contributed by atoms with Crippen LogP contribution in [0.3, 0.4) is 0 Å². The van der Waals surface area contributed by atoms with Crippen LogP contribution >= 0.6 is 11.8 Å². The van der Waals surface area contributed by atoms with Crippen molar-refractivity contribution in [3.8, 4) is 0 Å². The van der Waals surface area contributed by atoms with Gasteiger partial charge in [0, 0.05) is 30.4 Å². The Morgan fingerprint density at radius 2 is 1.88 bits per heavy atom. The van der Waals surface area contributed by atoms with Gasteiger partial charge in [0.05, 0.1) is 5.75 Å². The third-order valence-corrected chi connectivity index (χ3v) is 7.08. The summed E-state index contributed by atoms with van der Waals surface area (Å²) in [5, 5.41) is 2.96. The second kappa shape index (κ2) is 9.59. The number of sulfonamides is 1. The Hall–Kier alpha value is -1.05. The van der Waals surface area contributed by atoms with Crippen molar-refractivity contribution in [3.63, 3.8) is 0 Å². The Labute approximate surface area is 155 Å². The van der Waals surface area contributed by atoms with Gasteiger partial charge in [0.1, 0.15) is 0 Å². The molecule has 25 heavy (non-hydrogen) atoms. The second-order valence-corrected chi connectivity index (χ2v) is 9.42. The van der Waals surface area contributed by atoms with E-state index in [2.05, 4.69) is 11.6 Å². The maximum Gasteiger partial charge on any atom is 0.227 e. The fraction of sp³-hybridized carbons (Fsp3) is 0.611. The van der Waals surface area contributed by atoms with Gasteiger partial charge in [0.25, 0.3) is 0 Å². The van der Waals surface area contributed by atoms with Crippen molar-refractivity contribution in [3.05, 3.63) is 29.8 Å². The molecule has 0 radical (unpaired) electrons. The van der Waals surface area contributed by atoms with Crippen LogP contribution in [-0.4, -0.2) is 43.7 Å². The van der Waals surface area contributed by atoms with E-state index in [1.54, 1.807) is 16.1 Å². The molecule has 0 aromatic heterocycles. The van der Waals surface area contributed by atoms with Crippen molar-refractivity contribution in [2.75, 3.05) is 30.4 Å². The molecular formula is C18H28N2O3S2. The lowest BCUT2D eigenvalue weighted by Crippen LogP contribution is -2.42. The summed E-state index contributed by atoms with van der Waals surface area (Å²) in [5.74, 6) is 1.04. The van der Waals surface area contributed by atoms with Gasteiger partial charge in [-0.3, -0.25) is 4.79 Å². The number of amides is 1. The number of anilines is 1. The van der Waals surface area contributed by atoms with Crippen molar-refractivity contribution in [2.24, 2.45) is 5.92 Å². The van der Waals surface area contributed by atoms with Gasteiger partial charge in [-0.25, -0.2) is 12.7 Å². The first kappa shape index (κ1) is 20.3. The molecule has 1 aromatic carbocycles. The van der Waals surface area contributed by atoms with E-state index in [4.69, 9.17) is 0 Å². The van der Waals surface area contributed by atoms with Crippen LogP contribution in [0.4, 0.5) is 5.69 Å². The quantitative estimate of drug-likeness (QED) is 0.746. The summed E-state index contributed by atoms with van der Waals surface area (Å²) < 4.78 is 26.0. The highest BCUT2D eigenvalue weighted by Crippen LogP contribution is 2.22. The Morgan fingerprint density at radius 1 is 1.24 bits per heavy atom. The summed E-state index contributed by atoms with van der Waals surface area (Å²) in [6.07, 6.45) is 4.79. The van der Waals surface area contributed by atoms with Gasteiger partial charge in [-0.15, -0.1) is 0 Å². The van der Waals surface area contributed by atoms with Gasteiger partial charge in [0.15, 0.2) is 0 Å². The number of carbonyl (C=O) groups excluding carboxylic acids is 1. The number of rotatable bonds is 8. The molecule has 1 saturated heterocycles. The lowest BCUT2D eigenvalue weighted by atomic mass is 9.97. The van der Waals surface area contributed by atoms with Crippen molar-refractivity contribution >= 4 is 33.4 Å². The van der Waals surface area contributed by atoms with Crippen LogP contribution in [0.1, 0.15) is 38.2 Å². The minimum Gasteiger partial charge on any atom is -0.326 e. The van der Waals surface area contributed by atoms with Crippen LogP contribution in [0.5, 0.6) is 0 Å². The topological polar surface area (TPSA) is 66.5 Å². The van der Waals surface area contributed by atoms with Crippen LogP contribution in [0.15, 0.2) is 24.3 Å². The molecule has 0 atom stereocenters. The minimum atomic E-state index is -3.16. The Kier molecular flexibility index (Phi) is 7.78. The molecule has 1 amide bonds. The molecule has 1 aliphatic rings. The summed E-state index contributed by atoms with van der Waals surface area (Å²) in [6.45, 7) is 2.87. The summed E-state index contributed by atoms with van der Waals surface area (Å²) in [6, 6.07) is 7.89. The molecule has 2 rings (SSSR count). The van der Waals surface area contributed by atoms with E-state index in [-0.39, 0.29) is 17.6 Å². The standard InChI is InChI=1S/C18H28N2O3S2/c1-3-4-13-25(22,23)20-11-9-16(10-12-20)18(21)19-17-7-5-15(6-8-17)14-24-2/h5-8,16H,3-4,9-14H2,1-2H3,(H,19,21). The molecule has 5 nitrogen and oxygen atoms in total. The Bertz CT molecular complexity index is 651. The molecule has 1 heterocycles. The zero-order chi connectivity index (χ0) is 18.3. The predicted octanol–water partition coefficient (Wildman–Crippen LogP) is 3.33. The Morgan fingerprint density at radius 3 is 2.44 bits per heavy atom. The second-order valence-electron chi connectivity index (χ2n) is 6.46. The van der Waals surface area contributed by atoms with Gasteiger partial charge < -0.3 is 5.32 Å². The number of carbonyl (C=O) groups is 1. The molecule has 1 N–H and O–H groups in total. The van der Waals surface area contributed by atoms with Gasteiger partial charge in [0.2, 0.25) is 15.9 Å². The first-order valence-corrected chi connectivity index (χ1v) is 11.8. The summed E-state index contributed by atoms with van der Waals surface area (Å²) in [5.41, 5.74) is 2.03. The van der Waals surface area contributed by atoms with Crippen molar-refractivity contribution < 1.29 is 13.2 Å². The van der Waals surface area contributed by atoms with E-state index in [0.29, 0.717) is 32.4 Å². The highest BCUT2D eigenvalue weighted by Gasteiger charge is 2.30. The molecule has 7 heteroatoms. The van der Waals surface area contributed by atoms with Gasteiger partial charge >= 0.3 is 0 Å². The number of unbranched alkanes of at least 4 members (excludes halogenated alkanes) is 1. The molecule has 140 valence electrons. The highest BCUT2D eigenvalue weighted by molar-refractivity contribution is 7.97. The maximum atomic E-state index is 12.4. The van der Waals surface area contributed by atoms with Gasteiger partial charge in [-0.2, -0.15) is 11.8 Å². The van der Waals surface area contributed by atoms with E-state index >= 15 is 0 Å². The van der Waals surface area contributed by atoms with Crippen molar-refractivity contribution in [1.82, 2.24) is 4.31 Å². The highest BCUT2D eigenvalue weighted by atomic mass is 32.2. The number of benzene rings is 1.